The topological polar surface area (TPSA) is 49.4 Å². The number of hydrogen-bond donors (Lipinski definition) is 1. The Morgan fingerprint density at radius 1 is 1.11 bits per heavy atom. The molecule has 1 atom stereocenters. The van der Waals surface area contributed by atoms with Gasteiger partial charge >= 0.3 is 0 Å². The van der Waals surface area contributed by atoms with Crippen LogP contribution >= 0.6 is 11.8 Å². The monoisotopic (exact) mass is 382 g/mol. The van der Waals surface area contributed by atoms with E-state index in [1.807, 2.05) is 54.3 Å². The molecular formula is C22H26N2O2S. The van der Waals surface area contributed by atoms with E-state index in [-0.39, 0.29) is 23.6 Å². The number of nitrogens with zero attached hydrogens (tertiary/aromatic N) is 1. The molecule has 2 aromatic carbocycles. The fourth-order valence-corrected chi connectivity index (χ4v) is 4.20. The quantitative estimate of drug-likeness (QED) is 0.790. The fourth-order valence-electron chi connectivity index (χ4n) is 3.50. The number of rotatable bonds is 7. The Morgan fingerprint density at radius 3 is 2.70 bits per heavy atom. The number of hydrogen-bond acceptors (Lipinski definition) is 3. The van der Waals surface area contributed by atoms with Crippen molar-refractivity contribution in [1.82, 2.24) is 4.90 Å². The minimum absolute atomic E-state index is 0.0688. The highest BCUT2D eigenvalue weighted by atomic mass is 32.2. The minimum atomic E-state index is -0.0688. The molecule has 1 aliphatic rings. The van der Waals surface area contributed by atoms with Gasteiger partial charge in [0.25, 0.3) is 0 Å². The van der Waals surface area contributed by atoms with Crippen molar-refractivity contribution >= 4 is 29.3 Å². The van der Waals surface area contributed by atoms with E-state index in [1.165, 1.54) is 17.3 Å². The van der Waals surface area contributed by atoms with Crippen LogP contribution in [0, 0.1) is 6.92 Å². The Morgan fingerprint density at radius 2 is 1.93 bits per heavy atom. The summed E-state index contributed by atoms with van der Waals surface area (Å²) in [7, 11) is 0. The molecule has 0 bridgehead atoms. The summed E-state index contributed by atoms with van der Waals surface area (Å²) in [5, 5.41) is 2.88. The first-order valence-electron chi connectivity index (χ1n) is 9.39. The number of anilines is 1. The summed E-state index contributed by atoms with van der Waals surface area (Å²) < 4.78 is 0. The van der Waals surface area contributed by atoms with Crippen molar-refractivity contribution in [2.75, 3.05) is 23.4 Å². The van der Waals surface area contributed by atoms with Crippen LogP contribution in [0.2, 0.25) is 0 Å². The number of thioether (sulfide) groups is 1. The van der Waals surface area contributed by atoms with Crippen molar-refractivity contribution in [3.8, 4) is 0 Å². The van der Waals surface area contributed by atoms with Crippen molar-refractivity contribution in [2.45, 2.75) is 32.2 Å². The molecule has 0 radical (unpaired) electrons. The Kier molecular flexibility index (Phi) is 6.93. The van der Waals surface area contributed by atoms with E-state index in [4.69, 9.17) is 0 Å². The minimum Gasteiger partial charge on any atom is -0.339 e. The molecule has 1 N–H and O–H groups in total. The van der Waals surface area contributed by atoms with Crippen LogP contribution in [0.25, 0.3) is 0 Å². The molecule has 0 spiro atoms. The van der Waals surface area contributed by atoms with Gasteiger partial charge in [-0.15, -0.1) is 11.8 Å². The molecule has 1 saturated heterocycles. The van der Waals surface area contributed by atoms with Gasteiger partial charge in [-0.05, 0) is 49.4 Å². The van der Waals surface area contributed by atoms with E-state index in [1.54, 1.807) is 0 Å². The lowest BCUT2D eigenvalue weighted by Crippen LogP contribution is -2.38. The zero-order chi connectivity index (χ0) is 19.1. The van der Waals surface area contributed by atoms with Gasteiger partial charge in [0.05, 0.1) is 11.5 Å². The van der Waals surface area contributed by atoms with Crippen LogP contribution in [-0.4, -0.2) is 40.8 Å². The molecule has 5 heteroatoms. The van der Waals surface area contributed by atoms with E-state index >= 15 is 0 Å². The maximum Gasteiger partial charge on any atom is 0.234 e. The average Bonchev–Trinajstić information content (AvgIpc) is 3.10. The summed E-state index contributed by atoms with van der Waals surface area (Å²) >= 11 is 1.38. The molecule has 0 aromatic heterocycles. The third-order valence-corrected chi connectivity index (χ3v) is 5.69. The van der Waals surface area contributed by atoms with Gasteiger partial charge in [0, 0.05) is 18.3 Å². The van der Waals surface area contributed by atoms with Crippen LogP contribution < -0.4 is 5.32 Å². The Hall–Kier alpha value is -2.27. The zero-order valence-electron chi connectivity index (χ0n) is 15.7. The maximum atomic E-state index is 12.6. The van der Waals surface area contributed by atoms with Crippen LogP contribution in [-0.2, 0) is 16.0 Å². The van der Waals surface area contributed by atoms with Gasteiger partial charge in [-0.25, -0.2) is 0 Å². The van der Waals surface area contributed by atoms with E-state index in [0.717, 1.165) is 37.1 Å². The lowest BCUT2D eigenvalue weighted by Gasteiger charge is -2.24. The van der Waals surface area contributed by atoms with E-state index in [2.05, 4.69) is 17.4 Å². The summed E-state index contributed by atoms with van der Waals surface area (Å²) in [4.78, 5) is 26.7. The number of likely N-dealkylation sites (tertiary alicyclic amines) is 1. The molecule has 3 rings (SSSR count). The second-order valence-corrected chi connectivity index (χ2v) is 7.97. The van der Waals surface area contributed by atoms with E-state index < -0.39 is 0 Å². The molecule has 142 valence electrons. The highest BCUT2D eigenvalue weighted by molar-refractivity contribution is 8.00. The summed E-state index contributed by atoms with van der Waals surface area (Å²) in [5.74, 6) is 0.714. The summed E-state index contributed by atoms with van der Waals surface area (Å²) in [6.45, 7) is 2.82. The fraction of sp³-hybridized carbons (Fsp3) is 0.364. The van der Waals surface area contributed by atoms with Crippen molar-refractivity contribution in [3.05, 3.63) is 65.7 Å². The SMILES string of the molecule is Cc1cccc(NC(=O)CSCC(=O)N2CCCC2Cc2ccccc2)c1. The number of benzene rings is 2. The van der Waals surface area contributed by atoms with E-state index in [9.17, 15) is 9.59 Å². The number of amides is 2. The second kappa shape index (κ2) is 9.60. The lowest BCUT2D eigenvalue weighted by molar-refractivity contribution is -0.129. The van der Waals surface area contributed by atoms with Gasteiger partial charge in [0.2, 0.25) is 11.8 Å². The normalized spacial score (nSPS) is 16.3. The lowest BCUT2D eigenvalue weighted by atomic mass is 10.0. The Labute approximate surface area is 165 Å². The van der Waals surface area contributed by atoms with Gasteiger partial charge < -0.3 is 10.2 Å². The first-order valence-corrected chi connectivity index (χ1v) is 10.5. The average molecular weight is 383 g/mol. The number of carbonyl (C=O) groups excluding carboxylic acids is 2. The highest BCUT2D eigenvalue weighted by Gasteiger charge is 2.28. The molecular weight excluding hydrogens is 356 g/mol. The van der Waals surface area contributed by atoms with Crippen molar-refractivity contribution in [3.63, 3.8) is 0 Å². The van der Waals surface area contributed by atoms with Crippen LogP contribution in [0.15, 0.2) is 54.6 Å². The Bertz CT molecular complexity index is 779. The van der Waals surface area contributed by atoms with E-state index in [0.29, 0.717) is 5.75 Å². The molecule has 1 unspecified atom stereocenters. The molecule has 1 fully saturated rings. The van der Waals surface area contributed by atoms with Crippen LogP contribution in [0.1, 0.15) is 24.0 Å². The highest BCUT2D eigenvalue weighted by Crippen LogP contribution is 2.22. The first kappa shape index (κ1) is 19.5. The molecule has 1 heterocycles. The third kappa shape index (κ3) is 5.86. The Balaban J connectivity index is 1.43. The molecule has 0 saturated carbocycles. The van der Waals surface area contributed by atoms with Crippen LogP contribution in [0.5, 0.6) is 0 Å². The summed E-state index contributed by atoms with van der Waals surface area (Å²) in [6.07, 6.45) is 3.02. The largest absolute Gasteiger partial charge is 0.339 e. The summed E-state index contributed by atoms with van der Waals surface area (Å²) in [5.41, 5.74) is 3.18. The van der Waals surface area contributed by atoms with Crippen LogP contribution in [0.3, 0.4) is 0 Å². The van der Waals surface area contributed by atoms with Crippen molar-refractivity contribution in [1.29, 1.82) is 0 Å². The molecule has 0 aliphatic carbocycles. The zero-order valence-corrected chi connectivity index (χ0v) is 16.5. The molecule has 27 heavy (non-hydrogen) atoms. The smallest absolute Gasteiger partial charge is 0.234 e. The third-order valence-electron chi connectivity index (χ3n) is 4.77. The molecule has 2 amide bonds. The first-order chi connectivity index (χ1) is 13.1. The number of nitrogens with one attached hydrogen (secondary N) is 1. The standard InChI is InChI=1S/C22H26N2O2S/c1-17-7-5-10-19(13-17)23-21(25)15-27-16-22(26)24-12-6-11-20(24)14-18-8-3-2-4-9-18/h2-5,7-10,13,20H,6,11-12,14-16H2,1H3,(H,23,25). The second-order valence-electron chi connectivity index (χ2n) is 6.98. The van der Waals surface area contributed by atoms with Gasteiger partial charge in [-0.1, -0.05) is 42.5 Å². The van der Waals surface area contributed by atoms with Crippen LogP contribution in [0.4, 0.5) is 5.69 Å². The predicted octanol–water partition coefficient (Wildman–Crippen LogP) is 3.90. The van der Waals surface area contributed by atoms with Gasteiger partial charge in [-0.3, -0.25) is 9.59 Å². The van der Waals surface area contributed by atoms with Gasteiger partial charge in [0.15, 0.2) is 0 Å². The molecule has 2 aromatic rings. The van der Waals surface area contributed by atoms with Gasteiger partial charge in [0.1, 0.15) is 0 Å². The van der Waals surface area contributed by atoms with Crippen molar-refractivity contribution in [2.24, 2.45) is 0 Å². The molecule has 4 nitrogen and oxygen atoms in total. The van der Waals surface area contributed by atoms with Gasteiger partial charge in [-0.2, -0.15) is 0 Å². The predicted molar refractivity (Wildman–Crippen MR) is 112 cm³/mol. The number of carbonyl (C=O) groups is 2. The number of aryl methyl sites for hydroxylation is 1. The maximum absolute atomic E-state index is 12.6. The molecule has 1 aliphatic heterocycles. The summed E-state index contributed by atoms with van der Waals surface area (Å²) in [6, 6.07) is 18.3. The van der Waals surface area contributed by atoms with Crippen molar-refractivity contribution < 1.29 is 9.59 Å².